The zero-order valence-corrected chi connectivity index (χ0v) is 12.2. The van der Waals surface area contributed by atoms with E-state index in [-0.39, 0.29) is 6.03 Å². The SMILES string of the molecule is Cc1cc(CNC(=O)N2CCN(C(C)C(=O)O)CC2)on1. The predicted octanol–water partition coefficient (Wildman–Crippen LogP) is 0.283. The van der Waals surface area contributed by atoms with Crippen molar-refractivity contribution in [2.24, 2.45) is 0 Å². The second-order valence-corrected chi connectivity index (χ2v) is 5.13. The lowest BCUT2D eigenvalue weighted by atomic mass is 10.2. The van der Waals surface area contributed by atoms with Crippen LogP contribution in [-0.2, 0) is 11.3 Å². The van der Waals surface area contributed by atoms with Crippen LogP contribution >= 0.6 is 0 Å². The number of hydrogen-bond donors (Lipinski definition) is 2. The molecule has 0 aromatic carbocycles. The first kappa shape index (κ1) is 15.3. The van der Waals surface area contributed by atoms with Crippen LogP contribution in [0.4, 0.5) is 4.79 Å². The van der Waals surface area contributed by atoms with Crippen molar-refractivity contribution in [2.75, 3.05) is 26.2 Å². The molecular formula is C13H20N4O4. The van der Waals surface area contributed by atoms with Gasteiger partial charge >= 0.3 is 12.0 Å². The maximum Gasteiger partial charge on any atom is 0.320 e. The molecule has 2 rings (SSSR count). The minimum atomic E-state index is -0.839. The number of amides is 2. The number of carboxylic acids is 1. The summed E-state index contributed by atoms with van der Waals surface area (Å²) in [5, 5.41) is 15.5. The van der Waals surface area contributed by atoms with Gasteiger partial charge in [0.15, 0.2) is 5.76 Å². The summed E-state index contributed by atoms with van der Waals surface area (Å²) in [6.07, 6.45) is 0. The van der Waals surface area contributed by atoms with Crippen LogP contribution in [0, 0.1) is 6.92 Å². The number of rotatable bonds is 4. The van der Waals surface area contributed by atoms with Gasteiger partial charge in [0, 0.05) is 32.2 Å². The standard InChI is InChI=1S/C13H20N4O4/c1-9-7-11(21-15-9)8-14-13(20)17-5-3-16(4-6-17)10(2)12(18)19/h7,10H,3-6,8H2,1-2H3,(H,14,20)(H,18,19). The summed E-state index contributed by atoms with van der Waals surface area (Å²) < 4.78 is 5.02. The molecule has 1 aromatic heterocycles. The Labute approximate surface area is 122 Å². The normalized spacial score (nSPS) is 17.5. The predicted molar refractivity (Wildman–Crippen MR) is 73.7 cm³/mol. The van der Waals surface area contributed by atoms with E-state index < -0.39 is 12.0 Å². The summed E-state index contributed by atoms with van der Waals surface area (Å²) in [6, 6.07) is 1.08. The van der Waals surface area contributed by atoms with Gasteiger partial charge in [-0.25, -0.2) is 4.79 Å². The van der Waals surface area contributed by atoms with Crippen LogP contribution < -0.4 is 5.32 Å². The van der Waals surface area contributed by atoms with E-state index in [0.29, 0.717) is 38.5 Å². The smallest absolute Gasteiger partial charge is 0.320 e. The molecular weight excluding hydrogens is 276 g/mol. The van der Waals surface area contributed by atoms with Crippen molar-refractivity contribution >= 4 is 12.0 Å². The average Bonchev–Trinajstić information content (AvgIpc) is 2.89. The Bertz CT molecular complexity index is 508. The van der Waals surface area contributed by atoms with Crippen molar-refractivity contribution in [3.63, 3.8) is 0 Å². The molecule has 116 valence electrons. The lowest BCUT2D eigenvalue weighted by Gasteiger charge is -2.36. The molecule has 1 fully saturated rings. The van der Waals surface area contributed by atoms with Crippen molar-refractivity contribution in [1.82, 2.24) is 20.3 Å². The van der Waals surface area contributed by atoms with Crippen LogP contribution in [-0.4, -0.2) is 64.3 Å². The number of carbonyl (C=O) groups is 2. The fourth-order valence-electron chi connectivity index (χ4n) is 2.24. The molecule has 1 atom stereocenters. The molecule has 2 heterocycles. The van der Waals surface area contributed by atoms with E-state index in [9.17, 15) is 9.59 Å². The molecule has 1 aromatic rings. The van der Waals surface area contributed by atoms with E-state index >= 15 is 0 Å². The van der Waals surface area contributed by atoms with Gasteiger partial charge in [-0.2, -0.15) is 0 Å². The fourth-order valence-corrected chi connectivity index (χ4v) is 2.24. The zero-order chi connectivity index (χ0) is 15.4. The topological polar surface area (TPSA) is 98.9 Å². The number of piperazine rings is 1. The Balaban J connectivity index is 1.76. The van der Waals surface area contributed by atoms with Crippen molar-refractivity contribution in [1.29, 1.82) is 0 Å². The summed E-state index contributed by atoms with van der Waals surface area (Å²) in [4.78, 5) is 26.5. The summed E-state index contributed by atoms with van der Waals surface area (Å²) in [5.74, 6) is -0.229. The number of hydrogen-bond acceptors (Lipinski definition) is 5. The van der Waals surface area contributed by atoms with Crippen LogP contribution in [0.25, 0.3) is 0 Å². The third-order valence-corrected chi connectivity index (χ3v) is 3.60. The van der Waals surface area contributed by atoms with E-state index in [2.05, 4.69) is 10.5 Å². The molecule has 1 aliphatic rings. The van der Waals surface area contributed by atoms with E-state index in [1.165, 1.54) is 0 Å². The highest BCUT2D eigenvalue weighted by molar-refractivity contribution is 5.74. The van der Waals surface area contributed by atoms with Gasteiger partial charge in [-0.05, 0) is 13.8 Å². The second-order valence-electron chi connectivity index (χ2n) is 5.13. The lowest BCUT2D eigenvalue weighted by molar-refractivity contribution is -0.143. The number of aromatic nitrogens is 1. The highest BCUT2D eigenvalue weighted by Gasteiger charge is 2.27. The van der Waals surface area contributed by atoms with Crippen molar-refractivity contribution in [2.45, 2.75) is 26.4 Å². The third-order valence-electron chi connectivity index (χ3n) is 3.60. The first-order valence-electron chi connectivity index (χ1n) is 6.89. The van der Waals surface area contributed by atoms with Crippen molar-refractivity contribution < 1.29 is 19.2 Å². The molecule has 8 nitrogen and oxygen atoms in total. The summed E-state index contributed by atoms with van der Waals surface area (Å²) in [6.45, 7) is 5.91. The van der Waals surface area contributed by atoms with Crippen molar-refractivity contribution in [3.05, 3.63) is 17.5 Å². The molecule has 1 aliphatic heterocycles. The first-order chi connectivity index (χ1) is 9.97. The fraction of sp³-hybridized carbons (Fsp3) is 0.615. The summed E-state index contributed by atoms with van der Waals surface area (Å²) in [7, 11) is 0. The number of nitrogens with one attached hydrogen (secondary N) is 1. The molecule has 0 saturated carbocycles. The van der Waals surface area contributed by atoms with Crippen LogP contribution in [0.5, 0.6) is 0 Å². The maximum absolute atomic E-state index is 12.0. The van der Waals surface area contributed by atoms with E-state index in [1.807, 2.05) is 11.8 Å². The Hall–Kier alpha value is -2.09. The largest absolute Gasteiger partial charge is 0.480 e. The number of nitrogens with zero attached hydrogens (tertiary/aromatic N) is 3. The van der Waals surface area contributed by atoms with Gasteiger partial charge in [0.2, 0.25) is 0 Å². The van der Waals surface area contributed by atoms with Crippen LogP contribution in [0.15, 0.2) is 10.6 Å². The summed E-state index contributed by atoms with van der Waals surface area (Å²) >= 11 is 0. The Morgan fingerprint density at radius 2 is 2.10 bits per heavy atom. The molecule has 0 bridgehead atoms. The third kappa shape index (κ3) is 3.94. The van der Waals surface area contributed by atoms with Crippen LogP contribution in [0.3, 0.4) is 0 Å². The van der Waals surface area contributed by atoms with Gasteiger partial charge in [-0.3, -0.25) is 9.69 Å². The number of aryl methyl sites for hydroxylation is 1. The second kappa shape index (κ2) is 6.57. The molecule has 8 heteroatoms. The molecule has 0 spiro atoms. The quantitative estimate of drug-likeness (QED) is 0.828. The van der Waals surface area contributed by atoms with E-state index in [1.54, 1.807) is 17.9 Å². The van der Waals surface area contributed by atoms with Crippen LogP contribution in [0.1, 0.15) is 18.4 Å². The van der Waals surface area contributed by atoms with Gasteiger partial charge in [0.1, 0.15) is 6.04 Å². The zero-order valence-electron chi connectivity index (χ0n) is 12.2. The number of urea groups is 1. The monoisotopic (exact) mass is 296 g/mol. The van der Waals surface area contributed by atoms with Crippen molar-refractivity contribution in [3.8, 4) is 0 Å². The maximum atomic E-state index is 12.0. The minimum Gasteiger partial charge on any atom is -0.480 e. The van der Waals surface area contributed by atoms with E-state index in [0.717, 1.165) is 5.69 Å². The number of carboxylic acid groups (broad SMARTS) is 1. The van der Waals surface area contributed by atoms with Gasteiger partial charge in [0.05, 0.1) is 12.2 Å². The molecule has 0 aliphatic carbocycles. The minimum absolute atomic E-state index is 0.174. The molecule has 2 N–H and O–H groups in total. The van der Waals surface area contributed by atoms with Gasteiger partial charge in [-0.1, -0.05) is 5.16 Å². The number of carbonyl (C=O) groups excluding carboxylic acids is 1. The Kier molecular flexibility index (Phi) is 4.79. The molecule has 2 amide bonds. The highest BCUT2D eigenvalue weighted by atomic mass is 16.5. The van der Waals surface area contributed by atoms with Gasteiger partial charge in [0.25, 0.3) is 0 Å². The molecule has 21 heavy (non-hydrogen) atoms. The summed E-state index contributed by atoms with van der Waals surface area (Å²) in [5.41, 5.74) is 0.774. The molecule has 0 radical (unpaired) electrons. The molecule has 1 unspecified atom stereocenters. The first-order valence-corrected chi connectivity index (χ1v) is 6.89. The van der Waals surface area contributed by atoms with Gasteiger partial charge in [-0.15, -0.1) is 0 Å². The Morgan fingerprint density at radius 3 is 2.62 bits per heavy atom. The van der Waals surface area contributed by atoms with Crippen LogP contribution in [0.2, 0.25) is 0 Å². The van der Waals surface area contributed by atoms with E-state index in [4.69, 9.17) is 9.63 Å². The molecule has 1 saturated heterocycles. The average molecular weight is 296 g/mol. The number of aliphatic carboxylic acids is 1. The highest BCUT2D eigenvalue weighted by Crippen LogP contribution is 2.07. The Morgan fingerprint density at radius 1 is 1.43 bits per heavy atom. The van der Waals surface area contributed by atoms with Gasteiger partial charge < -0.3 is 19.8 Å². The lowest BCUT2D eigenvalue weighted by Crippen LogP contribution is -2.54.